The summed E-state index contributed by atoms with van der Waals surface area (Å²) < 4.78 is 28.5. The van der Waals surface area contributed by atoms with E-state index in [9.17, 15) is 8.78 Å². The normalized spacial score (nSPS) is 20.1. The van der Waals surface area contributed by atoms with Gasteiger partial charge in [-0.1, -0.05) is 20.8 Å². The number of hydrogen-bond donors (Lipinski definition) is 0. The van der Waals surface area contributed by atoms with Crippen LogP contribution in [-0.2, 0) is 17.9 Å². The molecule has 0 aliphatic carbocycles. The van der Waals surface area contributed by atoms with Gasteiger partial charge in [-0.3, -0.25) is 4.68 Å². The number of halogens is 2. The highest BCUT2D eigenvalue weighted by Gasteiger charge is 2.39. The van der Waals surface area contributed by atoms with Gasteiger partial charge in [0.1, 0.15) is 5.69 Å². The molecule has 0 aromatic carbocycles. The molecular weight excluding hydrogens is 198 g/mol. The van der Waals surface area contributed by atoms with Crippen molar-refractivity contribution in [2.24, 2.45) is 0 Å². The Hall–Kier alpha value is -0.930. The van der Waals surface area contributed by atoms with E-state index in [2.05, 4.69) is 5.10 Å². The first kappa shape index (κ1) is 10.6. The van der Waals surface area contributed by atoms with Gasteiger partial charge in [0.25, 0.3) is 5.92 Å². The average Bonchev–Trinajstić information content (AvgIpc) is 2.47. The molecular formula is C11H16F2N2. The summed E-state index contributed by atoms with van der Waals surface area (Å²) in [5, 5.41) is 4.25. The van der Waals surface area contributed by atoms with Crippen molar-refractivity contribution in [2.75, 3.05) is 0 Å². The Morgan fingerprint density at radius 2 is 2.07 bits per heavy atom. The van der Waals surface area contributed by atoms with E-state index in [0.29, 0.717) is 13.0 Å². The average molecular weight is 214 g/mol. The van der Waals surface area contributed by atoms with Crippen LogP contribution in [0.25, 0.3) is 0 Å². The first-order chi connectivity index (χ1) is 6.81. The molecule has 1 aliphatic rings. The van der Waals surface area contributed by atoms with E-state index in [1.165, 1.54) is 4.68 Å². The zero-order valence-electron chi connectivity index (χ0n) is 9.35. The summed E-state index contributed by atoms with van der Waals surface area (Å²) >= 11 is 0. The number of aryl methyl sites for hydroxylation is 1. The highest BCUT2D eigenvalue weighted by atomic mass is 19.3. The van der Waals surface area contributed by atoms with Gasteiger partial charge in [-0.15, -0.1) is 0 Å². The molecule has 4 heteroatoms. The second-order valence-electron chi connectivity index (χ2n) is 5.20. The molecule has 2 rings (SSSR count). The second-order valence-corrected chi connectivity index (χ2v) is 5.20. The molecule has 84 valence electrons. The lowest BCUT2D eigenvalue weighted by Gasteiger charge is -2.22. The van der Waals surface area contributed by atoms with Gasteiger partial charge in [-0.2, -0.15) is 13.9 Å². The van der Waals surface area contributed by atoms with Crippen LogP contribution in [0.15, 0.2) is 6.07 Å². The summed E-state index contributed by atoms with van der Waals surface area (Å²) in [5.41, 5.74) is 0.665. The van der Waals surface area contributed by atoms with E-state index in [-0.39, 0.29) is 17.5 Å². The van der Waals surface area contributed by atoms with Gasteiger partial charge >= 0.3 is 0 Å². The summed E-state index contributed by atoms with van der Waals surface area (Å²) in [6.07, 6.45) is 0.452. The lowest BCUT2D eigenvalue weighted by atomic mass is 9.91. The number of hydrogen-bond acceptors (Lipinski definition) is 1. The van der Waals surface area contributed by atoms with Crippen LogP contribution in [0.4, 0.5) is 8.78 Å². The maximum Gasteiger partial charge on any atom is 0.289 e. The number of alkyl halides is 2. The number of nitrogens with zero attached hydrogens (tertiary/aromatic N) is 2. The molecule has 0 unspecified atom stereocenters. The van der Waals surface area contributed by atoms with Crippen molar-refractivity contribution in [3.63, 3.8) is 0 Å². The number of aromatic nitrogens is 2. The predicted octanol–water partition coefficient (Wildman–Crippen LogP) is 3.07. The Morgan fingerprint density at radius 1 is 1.40 bits per heavy atom. The molecule has 0 amide bonds. The molecule has 1 aromatic heterocycles. The molecule has 0 bridgehead atoms. The molecule has 0 saturated carbocycles. The highest BCUT2D eigenvalue weighted by Crippen LogP contribution is 2.38. The van der Waals surface area contributed by atoms with E-state index < -0.39 is 5.92 Å². The monoisotopic (exact) mass is 214 g/mol. The topological polar surface area (TPSA) is 17.8 Å². The maximum absolute atomic E-state index is 13.5. The highest BCUT2D eigenvalue weighted by molar-refractivity contribution is 5.21. The Kier molecular flexibility index (Phi) is 2.14. The molecule has 0 N–H and O–H groups in total. The molecule has 0 fully saturated rings. The van der Waals surface area contributed by atoms with Crippen LogP contribution in [0.3, 0.4) is 0 Å². The molecule has 0 spiro atoms. The Labute approximate surface area is 88.3 Å². The fourth-order valence-corrected chi connectivity index (χ4v) is 1.83. The molecule has 0 radical (unpaired) electrons. The van der Waals surface area contributed by atoms with Gasteiger partial charge in [-0.25, -0.2) is 0 Å². The summed E-state index contributed by atoms with van der Waals surface area (Å²) in [4.78, 5) is 0. The number of rotatable bonds is 0. The van der Waals surface area contributed by atoms with Gasteiger partial charge < -0.3 is 0 Å². The van der Waals surface area contributed by atoms with Crippen LogP contribution in [0, 0.1) is 0 Å². The lowest BCUT2D eigenvalue weighted by molar-refractivity contribution is -0.0364. The standard InChI is InChI=1S/C11H16F2N2/c1-10(2,3)8-7-9-11(12,13)5-4-6-15(9)14-8/h7H,4-6H2,1-3H3. The zero-order chi connectivity index (χ0) is 11.3. The smallest absolute Gasteiger partial charge is 0.263 e. The van der Waals surface area contributed by atoms with Crippen molar-refractivity contribution in [1.29, 1.82) is 0 Å². The van der Waals surface area contributed by atoms with Crippen molar-refractivity contribution >= 4 is 0 Å². The van der Waals surface area contributed by atoms with Crippen molar-refractivity contribution in [3.05, 3.63) is 17.5 Å². The van der Waals surface area contributed by atoms with Gasteiger partial charge in [0.05, 0.1) is 5.69 Å². The Bertz CT molecular complexity index is 374. The van der Waals surface area contributed by atoms with Gasteiger partial charge in [0.2, 0.25) is 0 Å². The van der Waals surface area contributed by atoms with Crippen molar-refractivity contribution in [2.45, 2.75) is 51.5 Å². The Balaban J connectivity index is 2.47. The zero-order valence-corrected chi connectivity index (χ0v) is 9.35. The molecule has 0 atom stereocenters. The van der Waals surface area contributed by atoms with Gasteiger partial charge in [0.15, 0.2) is 0 Å². The fraction of sp³-hybridized carbons (Fsp3) is 0.727. The molecule has 2 heterocycles. The summed E-state index contributed by atoms with van der Waals surface area (Å²) in [6.45, 7) is 6.57. The molecule has 1 aliphatic heterocycles. The molecule has 2 nitrogen and oxygen atoms in total. The third kappa shape index (κ3) is 1.77. The summed E-state index contributed by atoms with van der Waals surface area (Å²) in [5.74, 6) is -2.70. The van der Waals surface area contributed by atoms with Crippen LogP contribution in [-0.4, -0.2) is 9.78 Å². The quantitative estimate of drug-likeness (QED) is 0.649. The van der Waals surface area contributed by atoms with E-state index in [1.807, 2.05) is 20.8 Å². The molecule has 1 aromatic rings. The lowest BCUT2D eigenvalue weighted by Crippen LogP contribution is -2.25. The largest absolute Gasteiger partial charge is 0.289 e. The summed E-state index contributed by atoms with van der Waals surface area (Å²) in [6, 6.07) is 1.55. The van der Waals surface area contributed by atoms with E-state index >= 15 is 0 Å². The van der Waals surface area contributed by atoms with Crippen LogP contribution in [0.5, 0.6) is 0 Å². The minimum absolute atomic E-state index is 0.0533. The van der Waals surface area contributed by atoms with Crippen molar-refractivity contribution in [1.82, 2.24) is 9.78 Å². The van der Waals surface area contributed by atoms with Crippen molar-refractivity contribution < 1.29 is 8.78 Å². The van der Waals surface area contributed by atoms with Gasteiger partial charge in [0, 0.05) is 18.4 Å². The third-order valence-corrected chi connectivity index (χ3v) is 2.78. The van der Waals surface area contributed by atoms with Crippen LogP contribution in [0.1, 0.15) is 45.0 Å². The second kappa shape index (κ2) is 3.03. The first-order valence-electron chi connectivity index (χ1n) is 5.27. The van der Waals surface area contributed by atoms with E-state index in [1.54, 1.807) is 6.07 Å². The minimum atomic E-state index is -2.70. The van der Waals surface area contributed by atoms with Crippen LogP contribution >= 0.6 is 0 Å². The molecule has 15 heavy (non-hydrogen) atoms. The van der Waals surface area contributed by atoms with Gasteiger partial charge in [-0.05, 0) is 12.5 Å². The minimum Gasteiger partial charge on any atom is -0.263 e. The Morgan fingerprint density at radius 3 is 2.60 bits per heavy atom. The summed E-state index contributed by atoms with van der Waals surface area (Å²) in [7, 11) is 0. The van der Waals surface area contributed by atoms with E-state index in [0.717, 1.165) is 5.69 Å². The van der Waals surface area contributed by atoms with Crippen LogP contribution < -0.4 is 0 Å². The predicted molar refractivity (Wildman–Crippen MR) is 54.1 cm³/mol. The fourth-order valence-electron chi connectivity index (χ4n) is 1.83. The molecule has 0 saturated heterocycles. The SMILES string of the molecule is CC(C)(C)c1cc2n(n1)CCCC2(F)F. The first-order valence-corrected chi connectivity index (χ1v) is 5.27. The van der Waals surface area contributed by atoms with E-state index in [4.69, 9.17) is 0 Å². The maximum atomic E-state index is 13.5. The van der Waals surface area contributed by atoms with Crippen LogP contribution in [0.2, 0.25) is 0 Å². The number of fused-ring (bicyclic) bond motifs is 1. The van der Waals surface area contributed by atoms with Crippen molar-refractivity contribution in [3.8, 4) is 0 Å². The third-order valence-electron chi connectivity index (χ3n) is 2.78.